The van der Waals surface area contributed by atoms with Gasteiger partial charge in [-0.15, -0.1) is 0 Å². The number of aryl methyl sites for hydroxylation is 1. The van der Waals surface area contributed by atoms with Crippen LogP contribution in [0.5, 0.6) is 0 Å². The quantitative estimate of drug-likeness (QED) is 0.812. The van der Waals surface area contributed by atoms with Crippen molar-refractivity contribution in [1.82, 2.24) is 9.78 Å². The van der Waals surface area contributed by atoms with Gasteiger partial charge in [0.15, 0.2) is 0 Å². The summed E-state index contributed by atoms with van der Waals surface area (Å²) in [5, 5.41) is 5.05. The minimum atomic E-state index is -0.355. The second-order valence-electron chi connectivity index (χ2n) is 6.48. The van der Waals surface area contributed by atoms with E-state index in [9.17, 15) is 4.79 Å². The zero-order valence-electron chi connectivity index (χ0n) is 14.5. The number of methoxy groups -OCH3 is 1. The van der Waals surface area contributed by atoms with Crippen molar-refractivity contribution in [2.24, 2.45) is 5.92 Å². The van der Waals surface area contributed by atoms with Gasteiger partial charge in [-0.05, 0) is 37.0 Å². The number of aromatic nitrogens is 2. The summed E-state index contributed by atoms with van der Waals surface area (Å²) in [4.78, 5) is 14.8. The summed E-state index contributed by atoms with van der Waals surface area (Å²) < 4.78 is 6.81. The summed E-state index contributed by atoms with van der Waals surface area (Å²) in [6.07, 6.45) is 2.73. The normalized spacial score (nSPS) is 20.8. The molecule has 134 valence electrons. The highest BCUT2D eigenvalue weighted by atomic mass is 35.5. The maximum absolute atomic E-state index is 12.7. The zero-order valence-corrected chi connectivity index (χ0v) is 16.0. The number of piperidine rings is 1. The van der Waals surface area contributed by atoms with Crippen molar-refractivity contribution in [1.29, 1.82) is 0 Å². The molecule has 1 aromatic carbocycles. The van der Waals surface area contributed by atoms with Crippen molar-refractivity contribution in [3.05, 3.63) is 50.4 Å². The Morgan fingerprint density at radius 3 is 2.76 bits per heavy atom. The maximum Gasteiger partial charge on any atom is 0.292 e. The van der Waals surface area contributed by atoms with Crippen LogP contribution in [0.25, 0.3) is 5.69 Å². The van der Waals surface area contributed by atoms with Gasteiger partial charge in [-0.2, -0.15) is 9.78 Å². The van der Waals surface area contributed by atoms with Crippen molar-refractivity contribution in [3.8, 4) is 5.69 Å². The van der Waals surface area contributed by atoms with Gasteiger partial charge in [-0.1, -0.05) is 36.2 Å². The topological polar surface area (TPSA) is 47.4 Å². The van der Waals surface area contributed by atoms with Gasteiger partial charge in [0.2, 0.25) is 0 Å². The molecule has 2 heterocycles. The highest BCUT2D eigenvalue weighted by Gasteiger charge is 2.28. The average Bonchev–Trinajstić information content (AvgIpc) is 2.60. The lowest BCUT2D eigenvalue weighted by Gasteiger charge is -2.37. The summed E-state index contributed by atoms with van der Waals surface area (Å²) in [7, 11) is 1.71. The van der Waals surface area contributed by atoms with Gasteiger partial charge in [-0.3, -0.25) is 4.79 Å². The molecule has 5 nitrogen and oxygen atoms in total. The molecule has 1 aliphatic rings. The van der Waals surface area contributed by atoms with Gasteiger partial charge in [0.25, 0.3) is 5.56 Å². The van der Waals surface area contributed by atoms with Gasteiger partial charge < -0.3 is 9.64 Å². The number of halogens is 2. The zero-order chi connectivity index (χ0) is 18.1. The summed E-state index contributed by atoms with van der Waals surface area (Å²) in [5.74, 6) is 0.475. The Morgan fingerprint density at radius 2 is 2.08 bits per heavy atom. The first kappa shape index (κ1) is 18.2. The Balaban J connectivity index is 1.95. The van der Waals surface area contributed by atoms with Gasteiger partial charge >= 0.3 is 0 Å². The molecule has 2 unspecified atom stereocenters. The van der Waals surface area contributed by atoms with Crippen molar-refractivity contribution in [3.63, 3.8) is 0 Å². The fourth-order valence-electron chi connectivity index (χ4n) is 3.10. The first-order valence-electron chi connectivity index (χ1n) is 8.24. The van der Waals surface area contributed by atoms with Crippen LogP contribution in [-0.2, 0) is 4.74 Å². The molecular weight excluding hydrogens is 361 g/mol. The first-order valence-corrected chi connectivity index (χ1v) is 9.00. The Morgan fingerprint density at radius 1 is 1.32 bits per heavy atom. The molecule has 1 fully saturated rings. The summed E-state index contributed by atoms with van der Waals surface area (Å²) in [6, 6.07) is 5.36. The van der Waals surface area contributed by atoms with E-state index in [1.54, 1.807) is 25.4 Å². The number of anilines is 1. The van der Waals surface area contributed by atoms with Crippen LogP contribution >= 0.6 is 23.2 Å². The van der Waals surface area contributed by atoms with Crippen LogP contribution in [0.4, 0.5) is 5.69 Å². The van der Waals surface area contributed by atoms with E-state index in [0.717, 1.165) is 18.5 Å². The molecule has 1 saturated heterocycles. The number of benzene rings is 1. The van der Waals surface area contributed by atoms with E-state index in [-0.39, 0.29) is 16.7 Å². The van der Waals surface area contributed by atoms with Crippen LogP contribution in [0.1, 0.15) is 18.9 Å². The summed E-state index contributed by atoms with van der Waals surface area (Å²) in [5.41, 5.74) is 1.83. The van der Waals surface area contributed by atoms with Crippen LogP contribution in [0, 0.1) is 12.8 Å². The second kappa shape index (κ2) is 7.36. The molecule has 3 rings (SSSR count). The summed E-state index contributed by atoms with van der Waals surface area (Å²) >= 11 is 12.5. The van der Waals surface area contributed by atoms with Crippen LogP contribution in [-0.4, -0.2) is 36.1 Å². The second-order valence-corrected chi connectivity index (χ2v) is 7.27. The Labute approximate surface area is 157 Å². The van der Waals surface area contributed by atoms with Gasteiger partial charge in [0.05, 0.1) is 23.7 Å². The minimum Gasteiger partial charge on any atom is -0.379 e. The molecule has 0 amide bonds. The smallest absolute Gasteiger partial charge is 0.292 e. The third kappa shape index (κ3) is 3.54. The van der Waals surface area contributed by atoms with E-state index in [2.05, 4.69) is 16.9 Å². The SMILES string of the molecule is COC1CN(c2cnn(-c3ccc(C)c(Cl)c3)c(=O)c2Cl)CCC1C. The Kier molecular flexibility index (Phi) is 5.37. The molecule has 0 saturated carbocycles. The molecule has 25 heavy (non-hydrogen) atoms. The molecule has 2 atom stereocenters. The molecule has 1 aromatic heterocycles. The fourth-order valence-corrected chi connectivity index (χ4v) is 3.52. The molecule has 0 aliphatic carbocycles. The van der Waals surface area contributed by atoms with E-state index in [1.165, 1.54) is 4.68 Å². The third-order valence-corrected chi connectivity index (χ3v) is 5.60. The lowest BCUT2D eigenvalue weighted by atomic mass is 9.95. The van der Waals surface area contributed by atoms with Crippen molar-refractivity contribution >= 4 is 28.9 Å². The van der Waals surface area contributed by atoms with E-state index in [1.807, 2.05) is 13.0 Å². The van der Waals surface area contributed by atoms with E-state index in [4.69, 9.17) is 27.9 Å². The highest BCUT2D eigenvalue weighted by Crippen LogP contribution is 2.28. The molecule has 0 radical (unpaired) electrons. The van der Waals surface area contributed by atoms with E-state index < -0.39 is 0 Å². The number of hydrogen-bond donors (Lipinski definition) is 0. The first-order chi connectivity index (χ1) is 11.9. The molecule has 0 bridgehead atoms. The molecule has 0 spiro atoms. The molecule has 0 N–H and O–H groups in total. The predicted octanol–water partition coefficient (Wildman–Crippen LogP) is 3.71. The Bertz CT molecular complexity index is 838. The van der Waals surface area contributed by atoms with E-state index in [0.29, 0.717) is 28.9 Å². The van der Waals surface area contributed by atoms with Crippen molar-refractivity contribution < 1.29 is 4.74 Å². The minimum absolute atomic E-state index is 0.114. The van der Waals surface area contributed by atoms with Crippen molar-refractivity contribution in [2.45, 2.75) is 26.4 Å². The van der Waals surface area contributed by atoms with Crippen molar-refractivity contribution in [2.75, 3.05) is 25.1 Å². The fraction of sp³-hybridized carbons (Fsp3) is 0.444. The standard InChI is InChI=1S/C18H21Cl2N3O2/c1-11-4-5-13(8-14(11)19)23-18(24)17(20)15(9-21-23)22-7-6-12(2)16(10-22)25-3/h4-5,8-9,12,16H,6-7,10H2,1-3H3. The maximum atomic E-state index is 12.7. The lowest BCUT2D eigenvalue weighted by Crippen LogP contribution is -2.44. The Hall–Kier alpha value is -1.56. The molecule has 7 heteroatoms. The average molecular weight is 382 g/mol. The molecule has 2 aromatic rings. The predicted molar refractivity (Wildman–Crippen MR) is 101 cm³/mol. The van der Waals surface area contributed by atoms with Gasteiger partial charge in [-0.25, -0.2) is 0 Å². The lowest BCUT2D eigenvalue weighted by molar-refractivity contribution is 0.0498. The highest BCUT2D eigenvalue weighted by molar-refractivity contribution is 6.33. The largest absolute Gasteiger partial charge is 0.379 e. The van der Waals surface area contributed by atoms with Crippen LogP contribution < -0.4 is 10.5 Å². The van der Waals surface area contributed by atoms with E-state index >= 15 is 0 Å². The van der Waals surface area contributed by atoms with Gasteiger partial charge in [0.1, 0.15) is 5.02 Å². The summed E-state index contributed by atoms with van der Waals surface area (Å²) in [6.45, 7) is 5.59. The number of hydrogen-bond acceptors (Lipinski definition) is 4. The molecule has 1 aliphatic heterocycles. The number of rotatable bonds is 3. The van der Waals surface area contributed by atoms with Crippen LogP contribution in [0.2, 0.25) is 10.0 Å². The monoisotopic (exact) mass is 381 g/mol. The third-order valence-electron chi connectivity index (χ3n) is 4.83. The molecular formula is C18H21Cl2N3O2. The van der Waals surface area contributed by atoms with Gasteiger partial charge in [0, 0.05) is 25.2 Å². The van der Waals surface area contributed by atoms with Crippen LogP contribution in [0.3, 0.4) is 0 Å². The number of ether oxygens (including phenoxy) is 1. The van der Waals surface area contributed by atoms with Crippen LogP contribution in [0.15, 0.2) is 29.2 Å². The number of nitrogens with zero attached hydrogens (tertiary/aromatic N) is 3.